The number of piperazine rings is 1. The molecule has 3 aromatic rings. The quantitative estimate of drug-likeness (QED) is 0.295. The second-order valence-electron chi connectivity index (χ2n) is 10.3. The van der Waals surface area contributed by atoms with Crippen LogP contribution in [0.2, 0.25) is 0 Å². The summed E-state index contributed by atoms with van der Waals surface area (Å²) >= 11 is 0. The lowest BCUT2D eigenvalue weighted by Gasteiger charge is -2.39. The van der Waals surface area contributed by atoms with Gasteiger partial charge in [-0.1, -0.05) is 0 Å². The summed E-state index contributed by atoms with van der Waals surface area (Å²) in [5, 5.41) is 0. The van der Waals surface area contributed by atoms with Gasteiger partial charge in [-0.15, -0.1) is 0 Å². The molecule has 1 saturated heterocycles. The number of anilines is 1. The van der Waals surface area contributed by atoms with Crippen LogP contribution in [0.3, 0.4) is 0 Å². The zero-order valence-electron chi connectivity index (χ0n) is 22.8. The summed E-state index contributed by atoms with van der Waals surface area (Å²) in [4.78, 5) is 22.9. The number of ether oxygens (including phenoxy) is 1. The molecule has 2 atom stereocenters. The van der Waals surface area contributed by atoms with E-state index in [9.17, 15) is 18.0 Å². The Labute approximate surface area is 221 Å². The Morgan fingerprint density at radius 2 is 1.68 bits per heavy atom. The minimum absolute atomic E-state index is 0.161. The van der Waals surface area contributed by atoms with Crippen LogP contribution in [0, 0.1) is 6.92 Å². The number of rotatable bonds is 8. The third-order valence-electron chi connectivity index (χ3n) is 7.18. The number of aromatic nitrogens is 2. The fraction of sp³-hybridized carbons (Fsp3) is 0.500. The van der Waals surface area contributed by atoms with Crippen molar-refractivity contribution < 1.29 is 22.7 Å². The molecular weight excluding hydrogens is 495 g/mol. The summed E-state index contributed by atoms with van der Waals surface area (Å²) in [6.07, 6.45) is -1.80. The van der Waals surface area contributed by atoms with Crippen molar-refractivity contribution in [2.45, 2.75) is 52.6 Å². The van der Waals surface area contributed by atoms with E-state index in [-0.39, 0.29) is 25.2 Å². The van der Waals surface area contributed by atoms with Gasteiger partial charge in [0.2, 0.25) is 6.30 Å². The predicted molar refractivity (Wildman–Crippen MR) is 143 cm³/mol. The van der Waals surface area contributed by atoms with Crippen molar-refractivity contribution in [2.75, 3.05) is 45.2 Å². The summed E-state index contributed by atoms with van der Waals surface area (Å²) in [6.45, 7) is 8.84. The van der Waals surface area contributed by atoms with Gasteiger partial charge in [0.25, 0.3) is 6.43 Å². The first-order valence-electron chi connectivity index (χ1n) is 12.9. The average molecular weight is 532 g/mol. The van der Waals surface area contributed by atoms with E-state index in [2.05, 4.69) is 14.3 Å². The van der Waals surface area contributed by atoms with Crippen molar-refractivity contribution in [3.63, 3.8) is 0 Å². The molecule has 3 aromatic heterocycles. The molecule has 0 aliphatic carbocycles. The van der Waals surface area contributed by atoms with E-state index in [1.807, 2.05) is 77.2 Å². The lowest BCUT2D eigenvalue weighted by molar-refractivity contribution is -0.0688. The first kappa shape index (κ1) is 27.9. The molecule has 1 fully saturated rings. The number of nitrogens with zero attached hydrogens (tertiary/aromatic N) is 5. The Bertz CT molecular complexity index is 1280. The Morgan fingerprint density at radius 1 is 1.03 bits per heavy atom. The van der Waals surface area contributed by atoms with Crippen LogP contribution >= 0.6 is 0 Å². The van der Waals surface area contributed by atoms with Crippen LogP contribution in [-0.4, -0.2) is 84.3 Å². The van der Waals surface area contributed by atoms with Gasteiger partial charge in [0.1, 0.15) is 5.82 Å². The minimum atomic E-state index is -3.02. The Kier molecular flexibility index (Phi) is 8.32. The molecule has 38 heavy (non-hydrogen) atoms. The number of fused-ring (bicyclic) bond motifs is 1. The van der Waals surface area contributed by atoms with E-state index in [4.69, 9.17) is 4.74 Å². The third kappa shape index (κ3) is 5.51. The molecule has 4 heterocycles. The number of carbonyl (C=O) groups excluding carboxylic acids is 1. The summed E-state index contributed by atoms with van der Waals surface area (Å²) in [6, 6.07) is 7.67. The largest absolute Gasteiger partial charge is 0.459 e. The van der Waals surface area contributed by atoms with Gasteiger partial charge < -0.3 is 14.0 Å². The standard InChI is InChI=1S/C28H36F3N5O2/c1-17(2)38-28(37)22-16-23-21(20-7-9-32-24(15-20)33(5)6)8-10-36(23)25(18(22)3)19(4)34-11-13-35(14-12-34)27(31)26(29)30/h7-10,15-17,19,26-27H,11-14H2,1-6H3. The molecule has 0 N–H and O–H groups in total. The number of hydrogen-bond acceptors (Lipinski definition) is 6. The number of pyridine rings is 2. The molecule has 1 aliphatic rings. The smallest absolute Gasteiger partial charge is 0.338 e. The van der Waals surface area contributed by atoms with Crippen molar-refractivity contribution >= 4 is 17.3 Å². The highest BCUT2D eigenvalue weighted by Gasteiger charge is 2.33. The number of esters is 1. The first-order valence-corrected chi connectivity index (χ1v) is 12.9. The molecular formula is C28H36F3N5O2. The molecule has 2 unspecified atom stereocenters. The van der Waals surface area contributed by atoms with Gasteiger partial charge >= 0.3 is 5.97 Å². The maximum Gasteiger partial charge on any atom is 0.338 e. The van der Waals surface area contributed by atoms with Gasteiger partial charge in [-0.25, -0.2) is 22.9 Å². The number of carbonyl (C=O) groups is 1. The maximum absolute atomic E-state index is 13.9. The Balaban J connectivity index is 1.78. The molecule has 1 aliphatic heterocycles. The van der Waals surface area contributed by atoms with E-state index in [0.717, 1.165) is 33.7 Å². The molecule has 10 heteroatoms. The summed E-state index contributed by atoms with van der Waals surface area (Å²) in [7, 11) is 3.86. The van der Waals surface area contributed by atoms with Crippen LogP contribution in [0.25, 0.3) is 16.6 Å². The molecule has 7 nitrogen and oxygen atoms in total. The Morgan fingerprint density at radius 3 is 2.29 bits per heavy atom. The van der Waals surface area contributed by atoms with E-state index < -0.39 is 18.7 Å². The zero-order valence-corrected chi connectivity index (χ0v) is 22.8. The van der Waals surface area contributed by atoms with Crippen LogP contribution in [0.4, 0.5) is 19.0 Å². The van der Waals surface area contributed by atoms with Gasteiger partial charge in [-0.2, -0.15) is 0 Å². The predicted octanol–water partition coefficient (Wildman–Crippen LogP) is 5.18. The highest BCUT2D eigenvalue weighted by Crippen LogP contribution is 2.35. The van der Waals surface area contributed by atoms with Crippen molar-refractivity contribution in [3.8, 4) is 11.1 Å². The van der Waals surface area contributed by atoms with Crippen molar-refractivity contribution in [1.29, 1.82) is 0 Å². The lowest BCUT2D eigenvalue weighted by Crippen LogP contribution is -2.51. The Hall–Kier alpha value is -3.11. The van der Waals surface area contributed by atoms with Gasteiger partial charge in [0.05, 0.1) is 17.2 Å². The molecule has 0 saturated carbocycles. The maximum atomic E-state index is 13.9. The van der Waals surface area contributed by atoms with Gasteiger partial charge in [-0.3, -0.25) is 9.80 Å². The lowest BCUT2D eigenvalue weighted by atomic mass is 9.99. The molecule has 4 rings (SSSR count). The number of hydrogen-bond donors (Lipinski definition) is 0. The molecule has 206 valence electrons. The third-order valence-corrected chi connectivity index (χ3v) is 7.18. The number of alkyl halides is 3. The summed E-state index contributed by atoms with van der Waals surface area (Å²) in [5.74, 6) is 0.418. The zero-order chi connectivity index (χ0) is 27.7. The topological polar surface area (TPSA) is 53.3 Å². The fourth-order valence-corrected chi connectivity index (χ4v) is 5.15. The molecule has 0 radical (unpaired) electrons. The van der Waals surface area contributed by atoms with Gasteiger partial charge in [0.15, 0.2) is 0 Å². The summed E-state index contributed by atoms with van der Waals surface area (Å²) in [5.41, 5.74) is 4.95. The van der Waals surface area contributed by atoms with Crippen LogP contribution in [0.1, 0.15) is 48.4 Å². The van der Waals surface area contributed by atoms with Gasteiger partial charge in [0, 0.05) is 70.0 Å². The van der Waals surface area contributed by atoms with Crippen LogP contribution in [0.15, 0.2) is 36.7 Å². The molecule has 0 spiro atoms. The second-order valence-corrected chi connectivity index (χ2v) is 10.3. The van der Waals surface area contributed by atoms with E-state index >= 15 is 0 Å². The summed E-state index contributed by atoms with van der Waals surface area (Å²) < 4.78 is 47.4. The normalized spacial score (nSPS) is 16.8. The highest BCUT2D eigenvalue weighted by atomic mass is 19.3. The first-order chi connectivity index (χ1) is 18.0. The number of halogens is 3. The van der Waals surface area contributed by atoms with Crippen LogP contribution < -0.4 is 4.90 Å². The second kappa shape index (κ2) is 11.3. The van der Waals surface area contributed by atoms with Crippen LogP contribution in [-0.2, 0) is 4.74 Å². The van der Waals surface area contributed by atoms with Gasteiger partial charge in [-0.05, 0) is 63.1 Å². The highest BCUT2D eigenvalue weighted by molar-refractivity contribution is 5.95. The van der Waals surface area contributed by atoms with Crippen LogP contribution in [0.5, 0.6) is 0 Å². The van der Waals surface area contributed by atoms with E-state index in [0.29, 0.717) is 18.7 Å². The van der Waals surface area contributed by atoms with Crippen molar-refractivity contribution in [1.82, 2.24) is 19.2 Å². The molecule has 0 bridgehead atoms. The monoisotopic (exact) mass is 531 g/mol. The SMILES string of the molecule is Cc1c(C(=O)OC(C)C)cc2c(-c3ccnc(N(C)C)c3)ccn2c1C(C)N1CCN(C(F)C(F)F)CC1. The van der Waals surface area contributed by atoms with E-state index in [1.54, 1.807) is 6.20 Å². The van der Waals surface area contributed by atoms with E-state index in [1.165, 1.54) is 4.90 Å². The molecule has 0 amide bonds. The van der Waals surface area contributed by atoms with Crippen molar-refractivity contribution in [2.24, 2.45) is 0 Å². The van der Waals surface area contributed by atoms with Crippen molar-refractivity contribution in [3.05, 3.63) is 53.5 Å². The fourth-order valence-electron chi connectivity index (χ4n) is 5.15. The minimum Gasteiger partial charge on any atom is -0.459 e. The average Bonchev–Trinajstić information content (AvgIpc) is 3.30. The molecule has 0 aromatic carbocycles.